The van der Waals surface area contributed by atoms with Gasteiger partial charge in [0.25, 0.3) is 0 Å². The van der Waals surface area contributed by atoms with Crippen LogP contribution in [0.2, 0.25) is 0 Å². The molecule has 100 valence electrons. The molecule has 0 amide bonds. The van der Waals surface area contributed by atoms with Crippen LogP contribution in [0.25, 0.3) is 0 Å². The summed E-state index contributed by atoms with van der Waals surface area (Å²) in [6.45, 7) is -0.149. The van der Waals surface area contributed by atoms with Gasteiger partial charge >= 0.3 is 0 Å². The Labute approximate surface area is 127 Å². The number of hydrogen-bond acceptors (Lipinski definition) is 3. The molecule has 6 heteroatoms. The Morgan fingerprint density at radius 1 is 1.32 bits per heavy atom. The van der Waals surface area contributed by atoms with Crippen LogP contribution in [0.15, 0.2) is 45.5 Å². The molecule has 0 aliphatic rings. The van der Waals surface area contributed by atoms with Gasteiger partial charge in [-0.2, -0.15) is 0 Å². The Bertz CT molecular complexity index is 580. The highest BCUT2D eigenvalue weighted by atomic mass is 79.9. The van der Waals surface area contributed by atoms with E-state index in [0.29, 0.717) is 11.4 Å². The van der Waals surface area contributed by atoms with E-state index in [2.05, 4.69) is 42.2 Å². The Morgan fingerprint density at radius 2 is 2.11 bits per heavy atom. The van der Waals surface area contributed by atoms with Crippen molar-refractivity contribution in [3.05, 3.63) is 57.0 Å². The third kappa shape index (κ3) is 3.75. The number of anilines is 1. The quantitative estimate of drug-likeness (QED) is 0.833. The summed E-state index contributed by atoms with van der Waals surface area (Å²) in [6, 6.07) is 7.51. The van der Waals surface area contributed by atoms with Crippen molar-refractivity contribution in [2.45, 2.75) is 6.04 Å². The summed E-state index contributed by atoms with van der Waals surface area (Å²) in [5, 5.41) is 12.5. The zero-order valence-corrected chi connectivity index (χ0v) is 12.9. The lowest BCUT2D eigenvalue weighted by molar-refractivity contribution is 0.274. The van der Waals surface area contributed by atoms with Crippen molar-refractivity contribution in [1.29, 1.82) is 0 Å². The molecule has 1 unspecified atom stereocenters. The minimum Gasteiger partial charge on any atom is -0.394 e. The number of nitrogens with zero attached hydrogens (tertiary/aromatic N) is 1. The maximum absolute atomic E-state index is 13.1. The van der Waals surface area contributed by atoms with Crippen LogP contribution < -0.4 is 5.32 Å². The van der Waals surface area contributed by atoms with Crippen LogP contribution in [0.3, 0.4) is 0 Å². The Kier molecular flexibility index (Phi) is 4.90. The van der Waals surface area contributed by atoms with Crippen molar-refractivity contribution in [1.82, 2.24) is 4.98 Å². The van der Waals surface area contributed by atoms with E-state index < -0.39 is 6.04 Å². The molecule has 3 nitrogen and oxygen atoms in total. The molecule has 1 heterocycles. The third-order valence-corrected chi connectivity index (χ3v) is 3.58. The molecule has 0 aliphatic heterocycles. The van der Waals surface area contributed by atoms with Crippen molar-refractivity contribution in [3.63, 3.8) is 0 Å². The van der Waals surface area contributed by atoms with Crippen molar-refractivity contribution in [2.24, 2.45) is 0 Å². The van der Waals surface area contributed by atoms with Gasteiger partial charge in [-0.15, -0.1) is 0 Å². The SMILES string of the molecule is OCC(Nc1cccc(F)c1)c1ncc(Br)cc1Br. The Hall–Kier alpha value is -0.980. The number of hydrogen-bond donors (Lipinski definition) is 2. The molecule has 19 heavy (non-hydrogen) atoms. The molecule has 2 rings (SSSR count). The molecule has 0 bridgehead atoms. The lowest BCUT2D eigenvalue weighted by Crippen LogP contribution is -2.17. The zero-order valence-electron chi connectivity index (χ0n) is 9.78. The van der Waals surface area contributed by atoms with Crippen LogP contribution in [-0.4, -0.2) is 16.7 Å². The number of benzene rings is 1. The molecule has 2 aromatic rings. The zero-order chi connectivity index (χ0) is 13.8. The van der Waals surface area contributed by atoms with E-state index in [1.165, 1.54) is 12.1 Å². The predicted octanol–water partition coefficient (Wildman–Crippen LogP) is 3.89. The van der Waals surface area contributed by atoms with Gasteiger partial charge in [0.1, 0.15) is 5.82 Å². The molecule has 2 N–H and O–H groups in total. The molecule has 0 saturated heterocycles. The normalized spacial score (nSPS) is 12.2. The fourth-order valence-electron chi connectivity index (χ4n) is 1.66. The average molecular weight is 390 g/mol. The number of aliphatic hydroxyl groups is 1. The van der Waals surface area contributed by atoms with Crippen LogP contribution in [-0.2, 0) is 0 Å². The smallest absolute Gasteiger partial charge is 0.125 e. The fourth-order valence-corrected chi connectivity index (χ4v) is 2.93. The third-order valence-electron chi connectivity index (χ3n) is 2.51. The lowest BCUT2D eigenvalue weighted by atomic mass is 10.2. The van der Waals surface area contributed by atoms with Gasteiger partial charge in [0, 0.05) is 20.8 Å². The van der Waals surface area contributed by atoms with E-state index in [4.69, 9.17) is 0 Å². The highest BCUT2D eigenvalue weighted by Crippen LogP contribution is 2.27. The number of pyridine rings is 1. The molecule has 0 spiro atoms. The van der Waals surface area contributed by atoms with E-state index in [1.807, 2.05) is 6.07 Å². The Morgan fingerprint density at radius 3 is 2.74 bits per heavy atom. The molecule has 0 aliphatic carbocycles. The summed E-state index contributed by atoms with van der Waals surface area (Å²) >= 11 is 6.72. The van der Waals surface area contributed by atoms with Gasteiger partial charge in [-0.3, -0.25) is 4.98 Å². The van der Waals surface area contributed by atoms with Gasteiger partial charge in [-0.1, -0.05) is 6.07 Å². The van der Waals surface area contributed by atoms with Gasteiger partial charge in [-0.05, 0) is 56.1 Å². The van der Waals surface area contributed by atoms with Gasteiger partial charge in [0.2, 0.25) is 0 Å². The summed E-state index contributed by atoms with van der Waals surface area (Å²) < 4.78 is 14.7. The first-order chi connectivity index (χ1) is 9.10. The maximum atomic E-state index is 13.1. The highest BCUT2D eigenvalue weighted by molar-refractivity contribution is 9.11. The summed E-state index contributed by atoms with van der Waals surface area (Å²) in [7, 11) is 0. The Balaban J connectivity index is 2.25. The molecule has 1 aromatic heterocycles. The largest absolute Gasteiger partial charge is 0.394 e. The highest BCUT2D eigenvalue weighted by Gasteiger charge is 2.15. The van der Waals surface area contributed by atoms with E-state index >= 15 is 0 Å². The molecular weight excluding hydrogens is 379 g/mol. The van der Waals surface area contributed by atoms with Crippen molar-refractivity contribution < 1.29 is 9.50 Å². The van der Waals surface area contributed by atoms with Crippen molar-refractivity contribution >= 4 is 37.5 Å². The van der Waals surface area contributed by atoms with Gasteiger partial charge in [0.15, 0.2) is 0 Å². The number of nitrogens with one attached hydrogen (secondary N) is 1. The summed E-state index contributed by atoms with van der Waals surface area (Å²) in [6.07, 6.45) is 1.65. The van der Waals surface area contributed by atoms with E-state index in [9.17, 15) is 9.50 Å². The molecular formula is C13H11Br2FN2O. The summed E-state index contributed by atoms with van der Waals surface area (Å²) in [5.74, 6) is -0.329. The molecule has 1 aromatic carbocycles. The minimum atomic E-state index is -0.413. The molecule has 1 atom stereocenters. The van der Waals surface area contributed by atoms with Crippen LogP contribution in [0, 0.1) is 5.82 Å². The van der Waals surface area contributed by atoms with Crippen molar-refractivity contribution in [3.8, 4) is 0 Å². The predicted molar refractivity (Wildman–Crippen MR) is 79.5 cm³/mol. The van der Waals surface area contributed by atoms with Gasteiger partial charge in [0.05, 0.1) is 18.3 Å². The maximum Gasteiger partial charge on any atom is 0.125 e. The number of aliphatic hydroxyl groups excluding tert-OH is 1. The van der Waals surface area contributed by atoms with Crippen LogP contribution in [0.4, 0.5) is 10.1 Å². The molecule has 0 radical (unpaired) electrons. The second-order valence-electron chi connectivity index (χ2n) is 3.91. The van der Waals surface area contributed by atoms with E-state index in [1.54, 1.807) is 18.3 Å². The molecule has 0 saturated carbocycles. The van der Waals surface area contributed by atoms with Crippen molar-refractivity contribution in [2.75, 3.05) is 11.9 Å². The summed E-state index contributed by atoms with van der Waals surface area (Å²) in [4.78, 5) is 4.26. The second-order valence-corrected chi connectivity index (χ2v) is 5.68. The van der Waals surface area contributed by atoms with Crippen LogP contribution in [0.1, 0.15) is 11.7 Å². The number of aromatic nitrogens is 1. The monoisotopic (exact) mass is 388 g/mol. The number of halogens is 3. The van der Waals surface area contributed by atoms with Crippen LogP contribution >= 0.6 is 31.9 Å². The second kappa shape index (κ2) is 6.45. The standard InChI is InChI=1S/C13H11Br2FN2O/c14-8-4-11(15)13(17-6-8)12(7-19)18-10-3-1-2-9(16)5-10/h1-6,12,18-19H,7H2. The average Bonchev–Trinajstić information content (AvgIpc) is 2.37. The first-order valence-electron chi connectivity index (χ1n) is 5.54. The topological polar surface area (TPSA) is 45.1 Å². The van der Waals surface area contributed by atoms with E-state index in [0.717, 1.165) is 8.95 Å². The van der Waals surface area contributed by atoms with Gasteiger partial charge < -0.3 is 10.4 Å². The molecule has 0 fully saturated rings. The fraction of sp³-hybridized carbons (Fsp3) is 0.154. The first kappa shape index (κ1) is 14.4. The summed E-state index contributed by atoms with van der Waals surface area (Å²) in [5.41, 5.74) is 1.26. The number of rotatable bonds is 4. The van der Waals surface area contributed by atoms with Crippen LogP contribution in [0.5, 0.6) is 0 Å². The van der Waals surface area contributed by atoms with Gasteiger partial charge in [-0.25, -0.2) is 4.39 Å². The first-order valence-corrected chi connectivity index (χ1v) is 7.12. The lowest BCUT2D eigenvalue weighted by Gasteiger charge is -2.18. The minimum absolute atomic E-state index is 0.149. The van der Waals surface area contributed by atoms with E-state index in [-0.39, 0.29) is 12.4 Å².